The first-order valence-electron chi connectivity index (χ1n) is 4.61. The van der Waals surface area contributed by atoms with Crippen molar-refractivity contribution in [3.63, 3.8) is 0 Å². The van der Waals surface area contributed by atoms with Gasteiger partial charge >= 0.3 is 5.97 Å². The number of rotatable bonds is 3. The van der Waals surface area contributed by atoms with E-state index >= 15 is 0 Å². The van der Waals surface area contributed by atoms with Gasteiger partial charge in [0.1, 0.15) is 0 Å². The number of halogens is 2. The molecule has 82 valence electrons. The number of carboxylic acid groups (broad SMARTS) is 1. The number of carbonyl (C=O) groups is 1. The van der Waals surface area contributed by atoms with E-state index in [1.165, 1.54) is 6.08 Å². The summed E-state index contributed by atoms with van der Waals surface area (Å²) in [4.78, 5) is 10.1. The lowest BCUT2D eigenvalue weighted by molar-refractivity contribution is -0.140. The van der Waals surface area contributed by atoms with Gasteiger partial charge in [0.15, 0.2) is 0 Å². The normalized spacial score (nSPS) is 38.7. The zero-order chi connectivity index (χ0) is 11.1. The maximum atomic E-state index is 11.1. The zero-order valence-corrected chi connectivity index (χ0v) is 9.33. The molecule has 3 nitrogen and oxygen atoms in total. The van der Waals surface area contributed by atoms with Crippen molar-refractivity contribution in [3.8, 4) is 0 Å². The third-order valence-corrected chi connectivity index (χ3v) is 3.34. The lowest BCUT2D eigenvalue weighted by atomic mass is 9.84. The Kier molecular flexibility index (Phi) is 2.79. The first-order valence-corrected chi connectivity index (χ1v) is 5.37. The second kappa shape index (κ2) is 3.81. The van der Waals surface area contributed by atoms with Crippen LogP contribution >= 0.6 is 23.2 Å². The number of alkyl halides is 1. The number of aliphatic carboxylic acids is 1. The molecule has 2 aliphatic rings. The SMILES string of the molecule is O=C(O)C1C=C(Cl)C=CC1(Cl)CC1CO1. The van der Waals surface area contributed by atoms with Crippen LogP contribution < -0.4 is 0 Å². The highest BCUT2D eigenvalue weighted by atomic mass is 35.5. The van der Waals surface area contributed by atoms with Crippen molar-refractivity contribution in [2.24, 2.45) is 5.92 Å². The largest absolute Gasteiger partial charge is 0.481 e. The summed E-state index contributed by atoms with van der Waals surface area (Å²) in [5.74, 6) is -1.76. The Balaban J connectivity index is 2.21. The van der Waals surface area contributed by atoms with Crippen LogP contribution in [0.15, 0.2) is 23.3 Å². The van der Waals surface area contributed by atoms with Gasteiger partial charge in [-0.3, -0.25) is 4.79 Å². The van der Waals surface area contributed by atoms with Crippen molar-refractivity contribution in [3.05, 3.63) is 23.3 Å². The van der Waals surface area contributed by atoms with Crippen LogP contribution in [0.1, 0.15) is 6.42 Å². The second-order valence-corrected chi connectivity index (χ2v) is 4.93. The molecule has 3 unspecified atom stereocenters. The van der Waals surface area contributed by atoms with Gasteiger partial charge in [-0.05, 0) is 18.6 Å². The Labute approximate surface area is 97.3 Å². The van der Waals surface area contributed by atoms with Crippen LogP contribution in [0.4, 0.5) is 0 Å². The monoisotopic (exact) mass is 248 g/mol. The summed E-state index contributed by atoms with van der Waals surface area (Å²) in [5.41, 5.74) is 0. The molecule has 1 aliphatic heterocycles. The van der Waals surface area contributed by atoms with Crippen molar-refractivity contribution in [1.29, 1.82) is 0 Å². The molecule has 0 saturated carbocycles. The maximum Gasteiger partial charge on any atom is 0.312 e. The third kappa shape index (κ3) is 2.36. The molecule has 1 aliphatic carbocycles. The number of ether oxygens (including phenoxy) is 1. The Morgan fingerprint density at radius 1 is 1.73 bits per heavy atom. The van der Waals surface area contributed by atoms with Crippen molar-refractivity contribution in [2.75, 3.05) is 6.61 Å². The molecule has 0 aromatic rings. The predicted octanol–water partition coefficient (Wildman–Crippen LogP) is 2.15. The number of epoxide rings is 1. The molecule has 15 heavy (non-hydrogen) atoms. The van der Waals surface area contributed by atoms with Crippen LogP contribution in [0.5, 0.6) is 0 Å². The van der Waals surface area contributed by atoms with Gasteiger partial charge < -0.3 is 9.84 Å². The number of allylic oxidation sites excluding steroid dienone is 3. The van der Waals surface area contributed by atoms with Crippen molar-refractivity contribution < 1.29 is 14.6 Å². The van der Waals surface area contributed by atoms with Crippen LogP contribution in [0.25, 0.3) is 0 Å². The molecule has 0 radical (unpaired) electrons. The van der Waals surface area contributed by atoms with Gasteiger partial charge in [-0.1, -0.05) is 17.7 Å². The van der Waals surface area contributed by atoms with Gasteiger partial charge in [-0.15, -0.1) is 11.6 Å². The molecule has 1 saturated heterocycles. The summed E-state index contributed by atoms with van der Waals surface area (Å²) in [5, 5.41) is 9.47. The Bertz CT molecular complexity index is 347. The molecule has 2 rings (SSSR count). The topological polar surface area (TPSA) is 49.8 Å². The van der Waals surface area contributed by atoms with Gasteiger partial charge in [0.25, 0.3) is 0 Å². The van der Waals surface area contributed by atoms with Crippen molar-refractivity contribution >= 4 is 29.2 Å². The zero-order valence-electron chi connectivity index (χ0n) is 7.82. The fourth-order valence-electron chi connectivity index (χ4n) is 1.68. The standard InChI is InChI=1S/C10H10Cl2O3/c11-6-1-2-10(12,4-7-5-15-7)8(3-6)9(13)14/h1-3,7-8H,4-5H2,(H,13,14). The number of hydrogen-bond acceptors (Lipinski definition) is 2. The van der Waals surface area contributed by atoms with E-state index in [1.807, 2.05) is 0 Å². The number of hydrogen-bond donors (Lipinski definition) is 1. The van der Waals surface area contributed by atoms with E-state index < -0.39 is 16.8 Å². The van der Waals surface area contributed by atoms with E-state index in [-0.39, 0.29) is 6.10 Å². The van der Waals surface area contributed by atoms with Crippen LogP contribution in [0, 0.1) is 5.92 Å². The highest BCUT2D eigenvalue weighted by Gasteiger charge is 2.44. The van der Waals surface area contributed by atoms with Crippen molar-refractivity contribution in [1.82, 2.24) is 0 Å². The van der Waals surface area contributed by atoms with E-state index in [1.54, 1.807) is 12.2 Å². The predicted molar refractivity (Wildman–Crippen MR) is 57.1 cm³/mol. The van der Waals surface area contributed by atoms with Gasteiger partial charge in [-0.2, -0.15) is 0 Å². The highest BCUT2D eigenvalue weighted by Crippen LogP contribution is 2.40. The van der Waals surface area contributed by atoms with E-state index in [0.717, 1.165) is 0 Å². The van der Waals surface area contributed by atoms with Crippen LogP contribution in [-0.2, 0) is 9.53 Å². The Morgan fingerprint density at radius 3 is 2.93 bits per heavy atom. The van der Waals surface area contributed by atoms with Crippen LogP contribution in [0.3, 0.4) is 0 Å². The molecule has 5 heteroatoms. The second-order valence-electron chi connectivity index (χ2n) is 3.79. The molecule has 1 heterocycles. The highest BCUT2D eigenvalue weighted by molar-refractivity contribution is 6.33. The first-order chi connectivity index (χ1) is 7.01. The van der Waals surface area contributed by atoms with Gasteiger partial charge in [0.2, 0.25) is 0 Å². The minimum Gasteiger partial charge on any atom is -0.481 e. The fraction of sp³-hybridized carbons (Fsp3) is 0.500. The molecule has 0 spiro atoms. The summed E-state index contributed by atoms with van der Waals surface area (Å²) in [6.07, 6.45) is 5.34. The van der Waals surface area contributed by atoms with Crippen molar-refractivity contribution in [2.45, 2.75) is 17.4 Å². The summed E-state index contributed by atoms with van der Waals surface area (Å²) in [6, 6.07) is 0. The average molecular weight is 249 g/mol. The average Bonchev–Trinajstić information content (AvgIpc) is 2.93. The Hall–Kier alpha value is -0.510. The maximum absolute atomic E-state index is 11.1. The summed E-state index contributed by atoms with van der Waals surface area (Å²) < 4.78 is 5.07. The minimum absolute atomic E-state index is 0.0827. The smallest absolute Gasteiger partial charge is 0.312 e. The quantitative estimate of drug-likeness (QED) is 0.615. The molecule has 0 amide bonds. The lowest BCUT2D eigenvalue weighted by Gasteiger charge is -2.30. The molecule has 3 atom stereocenters. The molecule has 0 bridgehead atoms. The molecular weight excluding hydrogens is 239 g/mol. The third-order valence-electron chi connectivity index (χ3n) is 2.57. The van der Waals surface area contributed by atoms with Gasteiger partial charge in [0, 0.05) is 5.03 Å². The molecular formula is C10H10Cl2O3. The summed E-state index contributed by atoms with van der Waals surface area (Å²) >= 11 is 12.0. The van der Waals surface area contributed by atoms with Gasteiger partial charge in [-0.25, -0.2) is 0 Å². The lowest BCUT2D eigenvalue weighted by Crippen LogP contribution is -2.37. The first kappa shape index (κ1) is 11.0. The minimum atomic E-state index is -0.965. The Morgan fingerprint density at radius 2 is 2.40 bits per heavy atom. The van der Waals surface area contributed by atoms with Crippen LogP contribution in [0.2, 0.25) is 0 Å². The fourth-order valence-corrected chi connectivity index (χ4v) is 2.26. The molecule has 1 N–H and O–H groups in total. The van der Waals surface area contributed by atoms with E-state index in [9.17, 15) is 4.79 Å². The molecule has 0 aromatic carbocycles. The van der Waals surface area contributed by atoms with E-state index in [0.29, 0.717) is 18.1 Å². The summed E-state index contributed by atoms with van der Waals surface area (Å²) in [7, 11) is 0. The van der Waals surface area contributed by atoms with Crippen LogP contribution in [-0.4, -0.2) is 28.7 Å². The molecule has 1 fully saturated rings. The van der Waals surface area contributed by atoms with Gasteiger partial charge in [0.05, 0.1) is 23.5 Å². The molecule has 0 aromatic heterocycles. The number of carboxylic acids is 1. The van der Waals surface area contributed by atoms with E-state index in [4.69, 9.17) is 33.0 Å². The summed E-state index contributed by atoms with van der Waals surface area (Å²) in [6.45, 7) is 0.659. The van der Waals surface area contributed by atoms with E-state index in [2.05, 4.69) is 0 Å².